The molecule has 0 aliphatic carbocycles. The predicted octanol–water partition coefficient (Wildman–Crippen LogP) is 5.83. The molecule has 44 heavy (non-hydrogen) atoms. The van der Waals surface area contributed by atoms with Gasteiger partial charge in [-0.25, -0.2) is 0 Å². The van der Waals surface area contributed by atoms with Crippen molar-refractivity contribution >= 4 is 5.91 Å². The van der Waals surface area contributed by atoms with Gasteiger partial charge in [0.25, 0.3) is 0 Å². The maximum Gasteiger partial charge on any atom is 0.219 e. The van der Waals surface area contributed by atoms with Crippen molar-refractivity contribution < 1.29 is 4.79 Å². The summed E-state index contributed by atoms with van der Waals surface area (Å²) in [7, 11) is 4.00. The first-order valence-corrected chi connectivity index (χ1v) is 19.2. The van der Waals surface area contributed by atoms with Crippen molar-refractivity contribution in [3.63, 3.8) is 0 Å². The molecule has 0 unspecified atom stereocenters. The van der Waals surface area contributed by atoms with E-state index < -0.39 is 0 Å². The Morgan fingerprint density at radius 2 is 0.886 bits per heavy atom. The molecule has 0 rings (SSSR count). The largest absolute Gasteiger partial charge is 0.356 e. The molecular formula is C36H79N7O. The van der Waals surface area contributed by atoms with Crippen molar-refractivity contribution in [2.45, 2.75) is 154 Å². The van der Waals surface area contributed by atoms with Crippen LogP contribution in [-0.4, -0.2) is 85.1 Å². The number of hydrogen-bond donors (Lipinski definition) is 7. The molecule has 8 heteroatoms. The van der Waals surface area contributed by atoms with Gasteiger partial charge in [-0.2, -0.15) is 0 Å². The average Bonchev–Trinajstić information content (AvgIpc) is 3.03. The molecule has 0 aliphatic rings. The highest BCUT2D eigenvalue weighted by Gasteiger charge is 2.07. The molecule has 0 spiro atoms. The van der Waals surface area contributed by atoms with Gasteiger partial charge in [-0.15, -0.1) is 0 Å². The van der Waals surface area contributed by atoms with Crippen molar-refractivity contribution in [2.75, 3.05) is 73.0 Å². The molecule has 264 valence electrons. The van der Waals surface area contributed by atoms with E-state index in [1.54, 1.807) is 0 Å². The van der Waals surface area contributed by atoms with Crippen LogP contribution in [0.15, 0.2) is 0 Å². The monoisotopic (exact) mass is 626 g/mol. The van der Waals surface area contributed by atoms with Gasteiger partial charge in [0.1, 0.15) is 0 Å². The Labute approximate surface area is 275 Å². The molecule has 0 aliphatic heterocycles. The molecule has 8 nitrogen and oxygen atoms in total. The summed E-state index contributed by atoms with van der Waals surface area (Å²) in [5.41, 5.74) is 0. The van der Waals surface area contributed by atoms with E-state index in [0.29, 0.717) is 12.6 Å². The zero-order valence-corrected chi connectivity index (χ0v) is 29.9. The van der Waals surface area contributed by atoms with Gasteiger partial charge in [-0.1, -0.05) is 96.8 Å². The van der Waals surface area contributed by atoms with E-state index in [2.05, 4.69) is 44.1 Å². The van der Waals surface area contributed by atoms with Crippen molar-refractivity contribution in [1.29, 1.82) is 0 Å². The van der Waals surface area contributed by atoms with E-state index in [9.17, 15) is 4.79 Å². The Bertz CT molecular complexity index is 533. The Hall–Kier alpha value is -0.770. The lowest BCUT2D eigenvalue weighted by molar-refractivity contribution is -0.121. The fraction of sp³-hybridized carbons (Fsp3) is 0.972. The quantitative estimate of drug-likeness (QED) is 0.0343. The highest BCUT2D eigenvalue weighted by Crippen LogP contribution is 2.12. The summed E-state index contributed by atoms with van der Waals surface area (Å²) in [5, 5.41) is 24.0. The Kier molecular flexibility index (Phi) is 37.7. The molecule has 0 aromatic carbocycles. The van der Waals surface area contributed by atoms with Gasteiger partial charge in [-0.3, -0.25) is 4.79 Å². The zero-order valence-electron chi connectivity index (χ0n) is 29.9. The minimum Gasteiger partial charge on any atom is -0.356 e. The van der Waals surface area contributed by atoms with Crippen molar-refractivity contribution in [3.05, 3.63) is 0 Å². The molecule has 0 heterocycles. The van der Waals surface area contributed by atoms with Gasteiger partial charge >= 0.3 is 0 Å². The van der Waals surface area contributed by atoms with E-state index in [1.165, 1.54) is 122 Å². The fourth-order valence-corrected chi connectivity index (χ4v) is 5.53. The minimum absolute atomic E-state index is 0.250. The lowest BCUT2D eigenvalue weighted by Crippen LogP contribution is -2.43. The Morgan fingerprint density at radius 1 is 0.455 bits per heavy atom. The third-order valence-corrected chi connectivity index (χ3v) is 8.44. The lowest BCUT2D eigenvalue weighted by atomic mass is 10.0. The second kappa shape index (κ2) is 38.4. The molecular weight excluding hydrogens is 546 g/mol. The fourth-order valence-electron chi connectivity index (χ4n) is 5.53. The van der Waals surface area contributed by atoms with Gasteiger partial charge in [0.05, 0.1) is 6.17 Å². The van der Waals surface area contributed by atoms with Crippen LogP contribution in [-0.2, 0) is 4.79 Å². The van der Waals surface area contributed by atoms with E-state index in [4.69, 9.17) is 0 Å². The molecule has 1 amide bonds. The third kappa shape index (κ3) is 35.7. The van der Waals surface area contributed by atoms with Crippen LogP contribution in [0.3, 0.4) is 0 Å². The van der Waals surface area contributed by atoms with Gasteiger partial charge in [0, 0.05) is 39.1 Å². The molecule has 0 aromatic heterocycles. The first kappa shape index (κ1) is 43.2. The van der Waals surface area contributed by atoms with Gasteiger partial charge in [0.15, 0.2) is 0 Å². The average molecular weight is 626 g/mol. The normalized spacial score (nSPS) is 11.5. The van der Waals surface area contributed by atoms with Crippen molar-refractivity contribution in [3.8, 4) is 0 Å². The van der Waals surface area contributed by atoms with Gasteiger partial charge in [0.2, 0.25) is 5.91 Å². The summed E-state index contributed by atoms with van der Waals surface area (Å²) in [5.74, 6) is 0.250. The third-order valence-electron chi connectivity index (χ3n) is 8.44. The summed E-state index contributed by atoms with van der Waals surface area (Å²) in [6.45, 7) is 11.6. The molecule has 0 saturated heterocycles. The van der Waals surface area contributed by atoms with E-state index >= 15 is 0 Å². The maximum absolute atomic E-state index is 12.2. The number of carbonyl (C=O) groups is 1. The Morgan fingerprint density at radius 3 is 1.41 bits per heavy atom. The highest BCUT2D eigenvalue weighted by atomic mass is 16.1. The Balaban J connectivity index is 3.79. The van der Waals surface area contributed by atoms with E-state index in [-0.39, 0.29) is 5.91 Å². The van der Waals surface area contributed by atoms with Crippen molar-refractivity contribution in [1.82, 2.24) is 37.2 Å². The second-order valence-electron chi connectivity index (χ2n) is 12.8. The standard InChI is InChI=1S/C36H79N7O/c1-4-5-6-7-8-9-10-11-12-13-14-18-25-36(44)43-30-19-16-15-17-24-35(41-28-22-20-26-39-33-31-37-2)42-29-23-21-27-40-34-32-38-3/h35,37-42H,4-34H2,1-3H3,(H,43,44). The van der Waals surface area contributed by atoms with Crippen LogP contribution in [0.4, 0.5) is 0 Å². The predicted molar refractivity (Wildman–Crippen MR) is 194 cm³/mol. The van der Waals surface area contributed by atoms with Crippen LogP contribution in [0.2, 0.25) is 0 Å². The zero-order chi connectivity index (χ0) is 32.0. The lowest BCUT2D eigenvalue weighted by Gasteiger charge is -2.21. The molecule has 0 bridgehead atoms. The van der Waals surface area contributed by atoms with Crippen LogP contribution in [0, 0.1) is 0 Å². The molecule has 0 fully saturated rings. The van der Waals surface area contributed by atoms with Crippen LogP contribution < -0.4 is 37.2 Å². The minimum atomic E-state index is 0.250. The van der Waals surface area contributed by atoms with Crippen molar-refractivity contribution in [2.24, 2.45) is 0 Å². The highest BCUT2D eigenvalue weighted by molar-refractivity contribution is 5.75. The summed E-state index contributed by atoms with van der Waals surface area (Å²) in [6.07, 6.45) is 27.9. The number of hydrogen-bond acceptors (Lipinski definition) is 7. The molecule has 0 aromatic rings. The van der Waals surface area contributed by atoms with E-state index in [0.717, 1.165) is 71.7 Å². The molecule has 0 atom stereocenters. The summed E-state index contributed by atoms with van der Waals surface area (Å²) in [4.78, 5) is 12.2. The number of nitrogens with one attached hydrogen (secondary N) is 7. The topological polar surface area (TPSA) is 101 Å². The number of unbranched alkanes of at least 4 members (excludes halogenated alkanes) is 16. The number of carbonyl (C=O) groups excluding carboxylic acids is 1. The first-order valence-electron chi connectivity index (χ1n) is 19.2. The van der Waals surface area contributed by atoms with Crippen LogP contribution in [0.1, 0.15) is 148 Å². The van der Waals surface area contributed by atoms with Gasteiger partial charge in [-0.05, 0) is 85.2 Å². The van der Waals surface area contributed by atoms with E-state index in [1.807, 2.05) is 14.1 Å². The summed E-state index contributed by atoms with van der Waals surface area (Å²) in [6, 6.07) is 0. The maximum atomic E-state index is 12.2. The smallest absolute Gasteiger partial charge is 0.219 e. The molecule has 0 saturated carbocycles. The summed E-state index contributed by atoms with van der Waals surface area (Å²) >= 11 is 0. The first-order chi connectivity index (χ1) is 21.7. The number of likely N-dealkylation sites (N-methyl/N-ethyl adjacent to an activating group) is 2. The van der Waals surface area contributed by atoms with Crippen LogP contribution in [0.5, 0.6) is 0 Å². The van der Waals surface area contributed by atoms with Crippen LogP contribution >= 0.6 is 0 Å². The SMILES string of the molecule is CCCCCCCCCCCCCCC(=O)NCCCCCCC(NCCCCNCCNC)NCCCCNCCNC. The number of rotatable bonds is 38. The summed E-state index contributed by atoms with van der Waals surface area (Å²) < 4.78 is 0. The van der Waals surface area contributed by atoms with Gasteiger partial charge < -0.3 is 37.2 Å². The molecule has 7 N–H and O–H groups in total. The number of amides is 1. The second-order valence-corrected chi connectivity index (χ2v) is 12.8. The molecule has 0 radical (unpaired) electrons. The van der Waals surface area contributed by atoms with Crippen LogP contribution in [0.25, 0.3) is 0 Å².